The highest BCUT2D eigenvalue weighted by atomic mass is 28.3. The summed E-state index contributed by atoms with van der Waals surface area (Å²) < 4.78 is 0. The van der Waals surface area contributed by atoms with Gasteiger partial charge in [0, 0.05) is 33.1 Å². The van der Waals surface area contributed by atoms with Crippen molar-refractivity contribution in [1.29, 1.82) is 0 Å². The molecule has 46 heavy (non-hydrogen) atoms. The Balaban J connectivity index is 2.01. The molecule has 0 atom stereocenters. The predicted octanol–water partition coefficient (Wildman–Crippen LogP) is 11.1. The van der Waals surface area contributed by atoms with E-state index in [0.717, 1.165) is 34.1 Å². The number of fused-ring (bicyclic) bond motifs is 2. The topological polar surface area (TPSA) is 0 Å². The van der Waals surface area contributed by atoms with Crippen LogP contribution in [0.4, 0.5) is 0 Å². The first-order valence-electron chi connectivity index (χ1n) is 16.4. The molecule has 0 N–H and O–H groups in total. The summed E-state index contributed by atoms with van der Waals surface area (Å²) in [7, 11) is -3.14. The Morgan fingerprint density at radius 3 is 1.76 bits per heavy atom. The lowest BCUT2D eigenvalue weighted by atomic mass is 9.89. The van der Waals surface area contributed by atoms with Crippen LogP contribution in [0.15, 0.2) is 54.6 Å². The first-order chi connectivity index (χ1) is 21.2. The number of aryl methyl sites for hydroxylation is 1. The maximum atomic E-state index is 3.69. The second-order valence-corrected chi connectivity index (χ2v) is 26.2. The van der Waals surface area contributed by atoms with Crippen molar-refractivity contribution >= 4 is 37.7 Å². The van der Waals surface area contributed by atoms with Gasteiger partial charge in [0.1, 0.15) is 16.1 Å². The number of hydrogen-bond donors (Lipinski definition) is 0. The van der Waals surface area contributed by atoms with Gasteiger partial charge in [-0.1, -0.05) is 111 Å². The summed E-state index contributed by atoms with van der Waals surface area (Å²) in [6.45, 7) is 28.9. The van der Waals surface area contributed by atoms with Gasteiger partial charge < -0.3 is 0 Å². The van der Waals surface area contributed by atoms with Crippen LogP contribution in [0.1, 0.15) is 80.5 Å². The molecule has 0 fully saturated rings. The molecule has 0 spiro atoms. The zero-order valence-electron chi connectivity index (χ0n) is 30.4. The molecule has 0 saturated heterocycles. The van der Waals surface area contributed by atoms with Crippen LogP contribution < -0.4 is 0 Å². The Labute approximate surface area is 281 Å². The summed E-state index contributed by atoms with van der Waals surface area (Å²) in [6, 6.07) is 20.1. The Morgan fingerprint density at radius 1 is 0.543 bits per heavy atom. The van der Waals surface area contributed by atoms with Crippen molar-refractivity contribution in [2.75, 3.05) is 0 Å². The smallest absolute Gasteiger partial charge is 0.127 e. The number of benzene rings is 4. The van der Waals surface area contributed by atoms with E-state index < -0.39 is 16.1 Å². The molecule has 234 valence electrons. The molecular formula is C44H50Si2. The van der Waals surface area contributed by atoms with Crippen LogP contribution in [-0.2, 0) is 6.42 Å². The highest BCUT2D eigenvalue weighted by Crippen LogP contribution is 2.31. The summed E-state index contributed by atoms with van der Waals surface area (Å²) in [5.74, 6) is 21.3. The zero-order valence-corrected chi connectivity index (χ0v) is 32.4. The minimum Gasteiger partial charge on any atom is -0.127 e. The van der Waals surface area contributed by atoms with E-state index in [1.165, 1.54) is 32.8 Å². The van der Waals surface area contributed by atoms with E-state index in [0.29, 0.717) is 0 Å². The third-order valence-corrected chi connectivity index (χ3v) is 8.97. The van der Waals surface area contributed by atoms with Crippen LogP contribution in [0.25, 0.3) is 21.5 Å². The van der Waals surface area contributed by atoms with Crippen molar-refractivity contribution in [3.05, 3.63) is 93.5 Å². The van der Waals surface area contributed by atoms with E-state index >= 15 is 0 Å². The molecule has 0 aliphatic rings. The van der Waals surface area contributed by atoms with Crippen molar-refractivity contribution in [1.82, 2.24) is 0 Å². The molecule has 0 amide bonds. The second-order valence-electron chi connectivity index (χ2n) is 16.7. The van der Waals surface area contributed by atoms with E-state index in [1.54, 1.807) is 0 Å². The minimum absolute atomic E-state index is 0.0889. The van der Waals surface area contributed by atoms with E-state index in [9.17, 15) is 0 Å². The van der Waals surface area contributed by atoms with Crippen LogP contribution in [0.2, 0.25) is 39.3 Å². The van der Waals surface area contributed by atoms with Gasteiger partial charge in [0.2, 0.25) is 0 Å². The molecule has 4 aromatic rings. The standard InChI is InChI=1S/C44H50Si2/c1-32-17-19-39-36(21-25-43(2,3)4)30-33(31-42(39)37(32)22-26-44(5,6)7)29-35-18-20-38-34(23-27-45(8,9)10)15-14-16-41(38)40(35)24-28-46(11,12)13/h14-20,30-31H,29H2,1-13H3. The summed E-state index contributed by atoms with van der Waals surface area (Å²) in [4.78, 5) is 0. The molecule has 0 saturated carbocycles. The summed E-state index contributed by atoms with van der Waals surface area (Å²) in [6.07, 6.45) is 0.761. The van der Waals surface area contributed by atoms with E-state index in [1.807, 2.05) is 0 Å². The van der Waals surface area contributed by atoms with Gasteiger partial charge in [0.15, 0.2) is 0 Å². The Morgan fingerprint density at radius 2 is 1.13 bits per heavy atom. The molecule has 0 heterocycles. The number of hydrogen-bond acceptors (Lipinski definition) is 0. The molecule has 0 unspecified atom stereocenters. The van der Waals surface area contributed by atoms with Crippen molar-refractivity contribution in [2.24, 2.45) is 10.8 Å². The molecular weight excluding hydrogens is 585 g/mol. The fourth-order valence-electron chi connectivity index (χ4n) is 5.01. The fourth-order valence-corrected chi connectivity index (χ4v) is 6.02. The highest BCUT2D eigenvalue weighted by Gasteiger charge is 2.16. The average molecular weight is 635 g/mol. The third-order valence-electron chi connectivity index (χ3n) is 7.22. The maximum Gasteiger partial charge on any atom is 0.129 e. The third kappa shape index (κ3) is 9.54. The SMILES string of the molecule is Cc1ccc2c(C#CC(C)(C)C)cc(Cc3ccc4c(C#C[Si](C)(C)C)cccc4c3C#C[Si](C)(C)C)cc2c1C#CC(C)(C)C. The van der Waals surface area contributed by atoms with Gasteiger partial charge in [-0.15, -0.1) is 11.1 Å². The van der Waals surface area contributed by atoms with Crippen LogP contribution in [-0.4, -0.2) is 16.1 Å². The monoisotopic (exact) mass is 634 g/mol. The Kier molecular flexibility index (Phi) is 9.92. The first kappa shape index (κ1) is 34.9. The van der Waals surface area contributed by atoms with E-state index in [2.05, 4.69) is 189 Å². The second kappa shape index (κ2) is 13.1. The van der Waals surface area contributed by atoms with Gasteiger partial charge in [-0.25, -0.2) is 0 Å². The Bertz CT molecular complexity index is 2070. The molecule has 0 bridgehead atoms. The van der Waals surface area contributed by atoms with Crippen LogP contribution in [0.5, 0.6) is 0 Å². The molecule has 0 aliphatic carbocycles. The molecule has 0 nitrogen and oxygen atoms in total. The molecule has 4 rings (SSSR count). The van der Waals surface area contributed by atoms with E-state index in [-0.39, 0.29) is 10.8 Å². The first-order valence-corrected chi connectivity index (χ1v) is 23.4. The van der Waals surface area contributed by atoms with E-state index in [4.69, 9.17) is 0 Å². The largest absolute Gasteiger partial charge is 0.129 e. The molecule has 0 radical (unpaired) electrons. The van der Waals surface area contributed by atoms with Crippen molar-refractivity contribution < 1.29 is 0 Å². The van der Waals surface area contributed by atoms with Gasteiger partial charge in [-0.3, -0.25) is 0 Å². The highest BCUT2D eigenvalue weighted by molar-refractivity contribution is 6.84. The fraction of sp³-hybridized carbons (Fsp3) is 0.364. The van der Waals surface area contributed by atoms with Gasteiger partial charge in [-0.2, -0.15) is 0 Å². The quantitative estimate of drug-likeness (QED) is 0.152. The lowest BCUT2D eigenvalue weighted by molar-refractivity contribution is 0.570. The maximum absolute atomic E-state index is 3.69. The lowest BCUT2D eigenvalue weighted by Gasteiger charge is -2.15. The van der Waals surface area contributed by atoms with Crippen molar-refractivity contribution in [3.8, 4) is 46.6 Å². The molecule has 0 aromatic heterocycles. The number of rotatable bonds is 2. The van der Waals surface area contributed by atoms with Crippen LogP contribution in [0.3, 0.4) is 0 Å². The molecule has 4 aromatic carbocycles. The van der Waals surface area contributed by atoms with Crippen LogP contribution in [0, 0.1) is 64.4 Å². The average Bonchev–Trinajstić information content (AvgIpc) is 2.91. The van der Waals surface area contributed by atoms with Gasteiger partial charge in [0.05, 0.1) is 0 Å². The van der Waals surface area contributed by atoms with Gasteiger partial charge in [-0.05, 0) is 111 Å². The summed E-state index contributed by atoms with van der Waals surface area (Å²) in [5, 5.41) is 4.70. The molecule has 0 aliphatic heterocycles. The van der Waals surface area contributed by atoms with Crippen LogP contribution >= 0.6 is 0 Å². The van der Waals surface area contributed by atoms with Crippen molar-refractivity contribution in [2.45, 2.75) is 94.2 Å². The minimum atomic E-state index is -1.63. The summed E-state index contributed by atoms with van der Waals surface area (Å²) in [5.41, 5.74) is 15.1. The normalized spacial score (nSPS) is 11.8. The lowest BCUT2D eigenvalue weighted by Crippen LogP contribution is -2.16. The predicted molar refractivity (Wildman–Crippen MR) is 209 cm³/mol. The zero-order chi connectivity index (χ0) is 34.1. The molecule has 2 heteroatoms. The Hall–Kier alpha value is -3.93. The van der Waals surface area contributed by atoms with Gasteiger partial charge >= 0.3 is 0 Å². The summed E-state index contributed by atoms with van der Waals surface area (Å²) >= 11 is 0. The van der Waals surface area contributed by atoms with Gasteiger partial charge in [0.25, 0.3) is 0 Å². The van der Waals surface area contributed by atoms with Crippen molar-refractivity contribution in [3.63, 3.8) is 0 Å².